The first-order chi connectivity index (χ1) is 11.1. The van der Waals surface area contributed by atoms with Crippen LogP contribution in [0.15, 0.2) is 30.5 Å². The first-order valence-electron chi connectivity index (χ1n) is 7.41. The van der Waals surface area contributed by atoms with Crippen molar-refractivity contribution in [2.45, 2.75) is 18.9 Å². The molecule has 0 unspecified atom stereocenters. The zero-order chi connectivity index (χ0) is 16.7. The Bertz CT molecular complexity index is 671. The molecule has 1 aromatic heterocycles. The van der Waals surface area contributed by atoms with Crippen molar-refractivity contribution in [2.75, 3.05) is 18.6 Å². The van der Waals surface area contributed by atoms with Gasteiger partial charge in [-0.2, -0.15) is 11.8 Å². The molecule has 0 radical (unpaired) electrons. The van der Waals surface area contributed by atoms with Gasteiger partial charge in [0.2, 0.25) is 0 Å². The summed E-state index contributed by atoms with van der Waals surface area (Å²) in [6.07, 6.45) is 4.82. The summed E-state index contributed by atoms with van der Waals surface area (Å²) in [5.74, 6) is -0.611. The van der Waals surface area contributed by atoms with E-state index in [2.05, 4.69) is 15.6 Å². The van der Waals surface area contributed by atoms with E-state index < -0.39 is 18.0 Å². The number of rotatable bonds is 8. The number of benzene rings is 1. The highest BCUT2D eigenvalue weighted by Crippen LogP contribution is 2.17. The fraction of sp³-hybridized carbons (Fsp3) is 0.375. The number of carbonyl (C=O) groups is 2. The largest absolute Gasteiger partial charge is 0.548 e. The van der Waals surface area contributed by atoms with Crippen molar-refractivity contribution in [3.8, 4) is 0 Å². The van der Waals surface area contributed by atoms with E-state index in [1.54, 1.807) is 0 Å². The minimum atomic E-state index is -1.26. The topological polar surface area (TPSA) is 97.1 Å². The highest BCUT2D eigenvalue weighted by molar-refractivity contribution is 7.98. The average molecular weight is 334 g/mol. The summed E-state index contributed by atoms with van der Waals surface area (Å²) < 4.78 is 0. The number of para-hydroxylation sites is 1. The molecule has 2 rings (SSSR count). The monoisotopic (exact) mass is 334 g/mol. The van der Waals surface area contributed by atoms with Gasteiger partial charge < -0.3 is 25.5 Å². The number of aromatic amines is 1. The van der Waals surface area contributed by atoms with Gasteiger partial charge in [-0.05, 0) is 36.5 Å². The van der Waals surface area contributed by atoms with Gasteiger partial charge in [0.05, 0.1) is 12.0 Å². The van der Waals surface area contributed by atoms with Gasteiger partial charge in [0.15, 0.2) is 0 Å². The number of hydrogen-bond donors (Lipinski definition) is 3. The predicted octanol–water partition coefficient (Wildman–Crippen LogP) is 0.881. The van der Waals surface area contributed by atoms with Crippen LogP contribution < -0.4 is 15.7 Å². The van der Waals surface area contributed by atoms with Crippen LogP contribution in [-0.4, -0.2) is 41.6 Å². The summed E-state index contributed by atoms with van der Waals surface area (Å²) >= 11 is 1.53. The molecule has 2 aromatic rings. The molecule has 0 saturated carbocycles. The van der Waals surface area contributed by atoms with Gasteiger partial charge in [0.25, 0.3) is 0 Å². The third-order valence-electron chi connectivity index (χ3n) is 3.56. The smallest absolute Gasteiger partial charge is 0.315 e. The second-order valence-electron chi connectivity index (χ2n) is 5.16. The van der Waals surface area contributed by atoms with E-state index in [1.807, 2.05) is 36.7 Å². The van der Waals surface area contributed by atoms with E-state index in [0.29, 0.717) is 25.1 Å². The molecular weight excluding hydrogens is 314 g/mol. The Morgan fingerprint density at radius 3 is 2.87 bits per heavy atom. The van der Waals surface area contributed by atoms with Crippen LogP contribution in [0.3, 0.4) is 0 Å². The second-order valence-corrected chi connectivity index (χ2v) is 6.15. The number of aromatic nitrogens is 1. The fourth-order valence-corrected chi connectivity index (χ4v) is 2.81. The maximum Gasteiger partial charge on any atom is 0.315 e. The Balaban J connectivity index is 1.81. The minimum Gasteiger partial charge on any atom is -0.548 e. The van der Waals surface area contributed by atoms with Gasteiger partial charge in [0, 0.05) is 23.6 Å². The summed E-state index contributed by atoms with van der Waals surface area (Å²) in [6.45, 7) is 0.427. The van der Waals surface area contributed by atoms with E-state index in [9.17, 15) is 14.7 Å². The molecule has 2 amide bonds. The molecular formula is C16H20N3O3S-. The number of carboxylic acids is 1. The molecule has 7 heteroatoms. The van der Waals surface area contributed by atoms with E-state index in [1.165, 1.54) is 11.8 Å². The van der Waals surface area contributed by atoms with E-state index in [4.69, 9.17) is 0 Å². The normalized spacial score (nSPS) is 12.0. The molecule has 1 heterocycles. The van der Waals surface area contributed by atoms with Crippen LogP contribution in [0.4, 0.5) is 4.79 Å². The molecule has 23 heavy (non-hydrogen) atoms. The Kier molecular flexibility index (Phi) is 6.34. The lowest BCUT2D eigenvalue weighted by molar-refractivity contribution is -0.308. The quantitative estimate of drug-likeness (QED) is 0.667. The van der Waals surface area contributed by atoms with Gasteiger partial charge in [-0.15, -0.1) is 0 Å². The number of fused-ring (bicyclic) bond motifs is 1. The summed E-state index contributed by atoms with van der Waals surface area (Å²) in [7, 11) is 0. The van der Waals surface area contributed by atoms with Crippen LogP contribution in [0.2, 0.25) is 0 Å². The third-order valence-corrected chi connectivity index (χ3v) is 4.20. The Morgan fingerprint density at radius 1 is 1.35 bits per heavy atom. The Hall–Kier alpha value is -2.15. The number of urea groups is 1. The first kappa shape index (κ1) is 17.2. The van der Waals surface area contributed by atoms with E-state index in [-0.39, 0.29) is 0 Å². The summed E-state index contributed by atoms with van der Waals surface area (Å²) in [4.78, 5) is 25.9. The van der Waals surface area contributed by atoms with Gasteiger partial charge in [0.1, 0.15) is 0 Å². The highest BCUT2D eigenvalue weighted by atomic mass is 32.2. The molecule has 0 aliphatic heterocycles. The summed E-state index contributed by atoms with van der Waals surface area (Å²) in [6, 6.07) is 6.50. The second kappa shape index (κ2) is 8.47. The van der Waals surface area contributed by atoms with Crippen molar-refractivity contribution in [3.05, 3.63) is 36.0 Å². The highest BCUT2D eigenvalue weighted by Gasteiger charge is 2.12. The number of thioether (sulfide) groups is 1. The Morgan fingerprint density at radius 2 is 2.13 bits per heavy atom. The molecule has 0 aliphatic rings. The van der Waals surface area contributed by atoms with Crippen molar-refractivity contribution < 1.29 is 14.7 Å². The number of nitrogens with one attached hydrogen (secondary N) is 3. The molecule has 0 fully saturated rings. The van der Waals surface area contributed by atoms with Gasteiger partial charge >= 0.3 is 6.03 Å². The number of amides is 2. The summed E-state index contributed by atoms with van der Waals surface area (Å²) in [5.41, 5.74) is 2.17. The number of carbonyl (C=O) groups excluding carboxylic acids is 2. The number of H-pyrrole nitrogens is 1. The van der Waals surface area contributed by atoms with Crippen molar-refractivity contribution >= 4 is 34.7 Å². The van der Waals surface area contributed by atoms with Gasteiger partial charge in [-0.3, -0.25) is 0 Å². The van der Waals surface area contributed by atoms with Crippen molar-refractivity contribution in [3.63, 3.8) is 0 Å². The lowest BCUT2D eigenvalue weighted by Crippen LogP contribution is -2.51. The molecule has 6 nitrogen and oxygen atoms in total. The molecule has 0 spiro atoms. The standard InChI is InChI=1S/C16H21N3O3S/c1-23-9-7-14(15(20)21)19-16(22)17-8-6-11-10-18-13-5-3-2-4-12(11)13/h2-5,10,14,18H,6-9H2,1H3,(H,20,21)(H2,17,19,22)/p-1/t14-/m0/s1. The van der Waals surface area contributed by atoms with Crippen LogP contribution in [0.25, 0.3) is 10.9 Å². The molecule has 0 bridgehead atoms. The maximum atomic E-state index is 11.8. The van der Waals surface area contributed by atoms with Crippen LogP contribution in [0.1, 0.15) is 12.0 Å². The van der Waals surface area contributed by atoms with Gasteiger partial charge in [-0.25, -0.2) is 4.79 Å². The molecule has 0 aliphatic carbocycles. The van der Waals surface area contributed by atoms with Crippen LogP contribution in [0, 0.1) is 0 Å². The van der Waals surface area contributed by atoms with E-state index in [0.717, 1.165) is 16.5 Å². The zero-order valence-electron chi connectivity index (χ0n) is 12.9. The fourth-order valence-electron chi connectivity index (χ4n) is 2.34. The molecule has 3 N–H and O–H groups in total. The lowest BCUT2D eigenvalue weighted by atomic mass is 10.1. The maximum absolute atomic E-state index is 11.8. The van der Waals surface area contributed by atoms with Crippen LogP contribution in [0.5, 0.6) is 0 Å². The number of aliphatic carboxylic acids is 1. The SMILES string of the molecule is CSCC[C@H](NC(=O)NCCc1c[nH]c2ccccc12)C(=O)[O-]. The average Bonchev–Trinajstić information content (AvgIpc) is 2.94. The minimum absolute atomic E-state index is 0.347. The molecule has 1 aromatic carbocycles. The zero-order valence-corrected chi connectivity index (χ0v) is 13.7. The van der Waals surface area contributed by atoms with E-state index >= 15 is 0 Å². The van der Waals surface area contributed by atoms with Crippen LogP contribution >= 0.6 is 11.8 Å². The summed E-state index contributed by atoms with van der Waals surface area (Å²) in [5, 5.41) is 17.2. The molecule has 1 atom stereocenters. The lowest BCUT2D eigenvalue weighted by Gasteiger charge is -2.19. The van der Waals surface area contributed by atoms with Crippen LogP contribution in [-0.2, 0) is 11.2 Å². The van der Waals surface area contributed by atoms with Crippen molar-refractivity contribution in [1.29, 1.82) is 0 Å². The predicted molar refractivity (Wildman–Crippen MR) is 90.3 cm³/mol. The number of carboxylic acid groups (broad SMARTS) is 1. The van der Waals surface area contributed by atoms with Crippen molar-refractivity contribution in [2.24, 2.45) is 0 Å². The first-order valence-corrected chi connectivity index (χ1v) is 8.80. The molecule has 124 valence electrons. The van der Waals surface area contributed by atoms with Crippen molar-refractivity contribution in [1.82, 2.24) is 15.6 Å². The third kappa shape index (κ3) is 4.92. The Labute approximate surface area is 139 Å². The van der Waals surface area contributed by atoms with Gasteiger partial charge in [-0.1, -0.05) is 18.2 Å². The molecule has 0 saturated heterocycles. The number of hydrogen-bond acceptors (Lipinski definition) is 4.